The maximum absolute atomic E-state index is 12.5. The highest BCUT2D eigenvalue weighted by molar-refractivity contribution is 7.16. The molecule has 0 saturated heterocycles. The summed E-state index contributed by atoms with van der Waals surface area (Å²) in [7, 11) is 0. The lowest BCUT2D eigenvalue weighted by molar-refractivity contribution is 0.0528. The molecule has 0 aliphatic carbocycles. The minimum atomic E-state index is -0.425. The number of carbonyl (C=O) groups excluding carboxylic acids is 2. The summed E-state index contributed by atoms with van der Waals surface area (Å²) in [4.78, 5) is 31.5. The van der Waals surface area contributed by atoms with Crippen LogP contribution in [0.4, 0.5) is 9.80 Å². The van der Waals surface area contributed by atoms with Crippen molar-refractivity contribution in [1.82, 2.24) is 19.7 Å². The van der Waals surface area contributed by atoms with Crippen molar-refractivity contribution < 1.29 is 14.3 Å². The van der Waals surface area contributed by atoms with Crippen LogP contribution in [0.15, 0.2) is 6.07 Å². The first-order valence-corrected chi connectivity index (χ1v) is 8.53. The Balaban J connectivity index is 1.73. The summed E-state index contributed by atoms with van der Waals surface area (Å²) < 4.78 is 6.86. The Kier molecular flexibility index (Phi) is 4.52. The van der Waals surface area contributed by atoms with Crippen molar-refractivity contribution in [3.8, 4) is 0 Å². The average Bonchev–Trinajstić information content (AvgIpc) is 3.08. The van der Waals surface area contributed by atoms with Gasteiger partial charge in [0.2, 0.25) is 0 Å². The number of hydrogen-bond donors (Lipinski definition) is 1. The van der Waals surface area contributed by atoms with E-state index in [9.17, 15) is 9.59 Å². The van der Waals surface area contributed by atoms with Crippen molar-refractivity contribution in [3.63, 3.8) is 0 Å². The molecule has 0 aromatic carbocycles. The standard InChI is InChI=1S/C15H19N5O3S/c1-4-23-14(21)11-7-9(2)24-13(11)17-15(22)19-5-6-20-12(8-19)16-10(3)18-20/h7H,4-6,8H2,1-3H3,(H,17,22). The maximum Gasteiger partial charge on any atom is 0.341 e. The van der Waals surface area contributed by atoms with E-state index < -0.39 is 5.97 Å². The fourth-order valence-electron chi connectivity index (χ4n) is 2.58. The number of carbonyl (C=O) groups is 2. The Morgan fingerprint density at radius 2 is 2.17 bits per heavy atom. The first-order valence-electron chi connectivity index (χ1n) is 7.71. The molecule has 9 heteroatoms. The van der Waals surface area contributed by atoms with E-state index in [4.69, 9.17) is 4.74 Å². The van der Waals surface area contributed by atoms with E-state index in [0.29, 0.717) is 42.6 Å². The monoisotopic (exact) mass is 349 g/mol. The number of fused-ring (bicyclic) bond motifs is 1. The fraction of sp³-hybridized carbons (Fsp3) is 0.467. The molecule has 128 valence electrons. The highest BCUT2D eigenvalue weighted by Gasteiger charge is 2.25. The number of nitrogens with one attached hydrogen (secondary N) is 1. The van der Waals surface area contributed by atoms with Crippen molar-refractivity contribution in [1.29, 1.82) is 0 Å². The summed E-state index contributed by atoms with van der Waals surface area (Å²) in [6, 6.07) is 1.48. The molecule has 3 rings (SSSR count). The predicted octanol–water partition coefficient (Wildman–Crippen LogP) is 2.18. The van der Waals surface area contributed by atoms with Gasteiger partial charge in [-0.1, -0.05) is 0 Å². The number of aromatic nitrogens is 3. The summed E-state index contributed by atoms with van der Waals surface area (Å²) in [5.74, 6) is 1.04. The van der Waals surface area contributed by atoms with Crippen LogP contribution in [-0.2, 0) is 17.8 Å². The third-order valence-electron chi connectivity index (χ3n) is 3.63. The normalized spacial score (nSPS) is 13.5. The smallest absolute Gasteiger partial charge is 0.341 e. The van der Waals surface area contributed by atoms with Gasteiger partial charge in [-0.15, -0.1) is 11.3 Å². The Labute approximate surface area is 143 Å². The summed E-state index contributed by atoms with van der Waals surface area (Å²) in [5.41, 5.74) is 0.392. The van der Waals surface area contributed by atoms with Crippen LogP contribution in [0, 0.1) is 13.8 Å². The van der Waals surface area contributed by atoms with Gasteiger partial charge in [0.1, 0.15) is 16.6 Å². The molecule has 0 unspecified atom stereocenters. The number of thiophene rings is 1. The summed E-state index contributed by atoms with van der Waals surface area (Å²) in [6.45, 7) is 7.30. The Morgan fingerprint density at radius 3 is 2.92 bits per heavy atom. The molecule has 3 heterocycles. The van der Waals surface area contributed by atoms with Gasteiger partial charge in [0.05, 0.1) is 25.3 Å². The number of anilines is 1. The van der Waals surface area contributed by atoms with Crippen LogP contribution in [0.2, 0.25) is 0 Å². The third-order valence-corrected chi connectivity index (χ3v) is 4.59. The Hall–Kier alpha value is -2.42. The second-order valence-corrected chi connectivity index (χ2v) is 6.73. The fourth-order valence-corrected chi connectivity index (χ4v) is 3.47. The van der Waals surface area contributed by atoms with Gasteiger partial charge >= 0.3 is 12.0 Å². The number of hydrogen-bond acceptors (Lipinski definition) is 6. The highest BCUT2D eigenvalue weighted by Crippen LogP contribution is 2.29. The lowest BCUT2D eigenvalue weighted by Gasteiger charge is -2.26. The lowest BCUT2D eigenvalue weighted by Crippen LogP contribution is -2.41. The van der Waals surface area contributed by atoms with E-state index in [0.717, 1.165) is 10.7 Å². The van der Waals surface area contributed by atoms with Crippen LogP contribution in [0.25, 0.3) is 0 Å². The molecular formula is C15H19N5O3S. The van der Waals surface area contributed by atoms with Crippen LogP contribution in [0.5, 0.6) is 0 Å². The largest absolute Gasteiger partial charge is 0.462 e. The van der Waals surface area contributed by atoms with E-state index in [1.54, 1.807) is 17.9 Å². The summed E-state index contributed by atoms with van der Waals surface area (Å²) >= 11 is 1.36. The molecule has 0 spiro atoms. The minimum absolute atomic E-state index is 0.255. The molecule has 2 aromatic heterocycles. The molecule has 24 heavy (non-hydrogen) atoms. The number of amides is 2. The minimum Gasteiger partial charge on any atom is -0.462 e. The van der Waals surface area contributed by atoms with E-state index in [1.165, 1.54) is 11.3 Å². The van der Waals surface area contributed by atoms with E-state index >= 15 is 0 Å². The lowest BCUT2D eigenvalue weighted by atomic mass is 10.3. The molecule has 0 fully saturated rings. The van der Waals surface area contributed by atoms with Gasteiger partial charge in [0.15, 0.2) is 0 Å². The number of rotatable bonds is 3. The summed E-state index contributed by atoms with van der Waals surface area (Å²) in [6.07, 6.45) is 0. The second-order valence-electron chi connectivity index (χ2n) is 5.47. The van der Waals surface area contributed by atoms with Gasteiger partial charge in [0, 0.05) is 11.4 Å². The van der Waals surface area contributed by atoms with Gasteiger partial charge in [-0.05, 0) is 26.8 Å². The van der Waals surface area contributed by atoms with E-state index in [2.05, 4.69) is 15.4 Å². The number of ether oxygens (including phenoxy) is 1. The van der Waals surface area contributed by atoms with Gasteiger partial charge in [-0.25, -0.2) is 19.3 Å². The highest BCUT2D eigenvalue weighted by atomic mass is 32.1. The number of nitrogens with zero attached hydrogens (tertiary/aromatic N) is 4. The third kappa shape index (κ3) is 3.25. The van der Waals surface area contributed by atoms with Crippen LogP contribution >= 0.6 is 11.3 Å². The SMILES string of the molecule is CCOC(=O)c1cc(C)sc1NC(=O)N1CCn2nc(C)nc2C1. The summed E-state index contributed by atoms with van der Waals surface area (Å²) in [5, 5.41) is 7.62. The van der Waals surface area contributed by atoms with Crippen molar-refractivity contribution >= 4 is 28.3 Å². The van der Waals surface area contributed by atoms with Crippen LogP contribution in [0.3, 0.4) is 0 Å². The second kappa shape index (κ2) is 6.60. The number of aryl methyl sites for hydroxylation is 2. The first-order chi connectivity index (χ1) is 11.5. The van der Waals surface area contributed by atoms with Crippen LogP contribution in [0.1, 0.15) is 33.8 Å². The van der Waals surface area contributed by atoms with E-state index in [-0.39, 0.29) is 6.03 Å². The van der Waals surface area contributed by atoms with Crippen molar-refractivity contribution in [3.05, 3.63) is 28.2 Å². The molecule has 0 atom stereocenters. The maximum atomic E-state index is 12.5. The topological polar surface area (TPSA) is 89.4 Å². The van der Waals surface area contributed by atoms with Crippen LogP contribution < -0.4 is 5.32 Å². The van der Waals surface area contributed by atoms with Crippen molar-refractivity contribution in [2.24, 2.45) is 0 Å². The molecule has 8 nitrogen and oxygen atoms in total. The zero-order chi connectivity index (χ0) is 17.3. The zero-order valence-electron chi connectivity index (χ0n) is 13.8. The average molecular weight is 349 g/mol. The predicted molar refractivity (Wildman–Crippen MR) is 89.2 cm³/mol. The van der Waals surface area contributed by atoms with Gasteiger partial charge in [0.25, 0.3) is 0 Å². The van der Waals surface area contributed by atoms with Gasteiger partial charge in [-0.3, -0.25) is 5.32 Å². The van der Waals surface area contributed by atoms with Gasteiger partial charge < -0.3 is 9.64 Å². The molecule has 1 aliphatic heterocycles. The van der Waals surface area contributed by atoms with Crippen molar-refractivity contribution in [2.45, 2.75) is 33.9 Å². The zero-order valence-corrected chi connectivity index (χ0v) is 14.6. The Bertz CT molecular complexity index is 782. The molecule has 2 amide bonds. The molecule has 0 radical (unpaired) electrons. The van der Waals surface area contributed by atoms with Crippen LogP contribution in [-0.4, -0.2) is 44.8 Å². The van der Waals surface area contributed by atoms with E-state index in [1.807, 2.05) is 18.5 Å². The van der Waals surface area contributed by atoms with Gasteiger partial charge in [-0.2, -0.15) is 5.10 Å². The number of esters is 1. The molecule has 2 aromatic rings. The molecule has 1 N–H and O–H groups in total. The number of urea groups is 1. The molecule has 0 saturated carbocycles. The first kappa shape index (κ1) is 16.4. The molecule has 1 aliphatic rings. The Morgan fingerprint density at radius 1 is 1.38 bits per heavy atom. The quantitative estimate of drug-likeness (QED) is 0.858. The molecular weight excluding hydrogens is 330 g/mol. The van der Waals surface area contributed by atoms with Crippen molar-refractivity contribution in [2.75, 3.05) is 18.5 Å². The molecule has 0 bridgehead atoms.